The van der Waals surface area contributed by atoms with E-state index in [1.165, 1.54) is 0 Å². The summed E-state index contributed by atoms with van der Waals surface area (Å²) in [6.45, 7) is 2.11. The first-order valence-electron chi connectivity index (χ1n) is 7.96. The molecule has 0 unspecified atom stereocenters. The van der Waals surface area contributed by atoms with Crippen molar-refractivity contribution in [3.8, 4) is 5.75 Å². The second-order valence-corrected chi connectivity index (χ2v) is 5.50. The van der Waals surface area contributed by atoms with E-state index in [-0.39, 0.29) is 12.5 Å². The Hall–Kier alpha value is -3.02. The van der Waals surface area contributed by atoms with Crippen LogP contribution in [0.5, 0.6) is 5.75 Å². The number of alkyl carbamates (subject to hydrolysis) is 1. The standard InChI is InChI=1S/C19H22N2O4/c1-14(21-19(23)25-13-15-7-4-3-5-8-15)18(22)20-12-16-9-6-10-17(11-16)24-2/h3-11,14H,12-13H2,1-2H3,(H,20,22)(H,21,23)/t14-/m0/s1. The average molecular weight is 342 g/mol. The van der Waals surface area contributed by atoms with E-state index < -0.39 is 12.1 Å². The summed E-state index contributed by atoms with van der Waals surface area (Å²) < 4.78 is 10.2. The fourth-order valence-corrected chi connectivity index (χ4v) is 2.13. The molecule has 2 aromatic rings. The van der Waals surface area contributed by atoms with Crippen LogP contribution in [0, 0.1) is 0 Å². The van der Waals surface area contributed by atoms with Crippen molar-refractivity contribution in [3.63, 3.8) is 0 Å². The van der Waals surface area contributed by atoms with Crippen molar-refractivity contribution < 1.29 is 19.1 Å². The van der Waals surface area contributed by atoms with Crippen molar-refractivity contribution in [2.45, 2.75) is 26.1 Å². The molecule has 0 aliphatic carbocycles. The van der Waals surface area contributed by atoms with Crippen LogP contribution in [0.1, 0.15) is 18.1 Å². The molecule has 0 fully saturated rings. The van der Waals surface area contributed by atoms with Gasteiger partial charge in [-0.3, -0.25) is 4.79 Å². The number of ether oxygens (including phenoxy) is 2. The van der Waals surface area contributed by atoms with Gasteiger partial charge in [-0.15, -0.1) is 0 Å². The van der Waals surface area contributed by atoms with Gasteiger partial charge in [0, 0.05) is 6.54 Å². The van der Waals surface area contributed by atoms with Crippen molar-refractivity contribution in [3.05, 3.63) is 65.7 Å². The molecule has 0 bridgehead atoms. The molecule has 132 valence electrons. The third-order valence-electron chi connectivity index (χ3n) is 3.54. The maximum absolute atomic E-state index is 12.1. The number of nitrogens with one attached hydrogen (secondary N) is 2. The van der Waals surface area contributed by atoms with Crippen molar-refractivity contribution in [2.75, 3.05) is 7.11 Å². The Morgan fingerprint density at radius 1 is 1.04 bits per heavy atom. The topological polar surface area (TPSA) is 76.7 Å². The van der Waals surface area contributed by atoms with Crippen LogP contribution < -0.4 is 15.4 Å². The molecule has 2 aromatic carbocycles. The zero-order valence-electron chi connectivity index (χ0n) is 14.3. The van der Waals surface area contributed by atoms with Gasteiger partial charge in [0.05, 0.1) is 7.11 Å². The highest BCUT2D eigenvalue weighted by Gasteiger charge is 2.16. The Kier molecular flexibility index (Phi) is 6.83. The van der Waals surface area contributed by atoms with Crippen LogP contribution >= 0.6 is 0 Å². The van der Waals surface area contributed by atoms with Gasteiger partial charge in [-0.1, -0.05) is 42.5 Å². The van der Waals surface area contributed by atoms with Gasteiger partial charge in [0.2, 0.25) is 5.91 Å². The summed E-state index contributed by atoms with van der Waals surface area (Å²) in [5.74, 6) is 0.432. The number of rotatable bonds is 7. The third kappa shape index (κ3) is 6.18. The summed E-state index contributed by atoms with van der Waals surface area (Å²) in [6.07, 6.45) is -0.632. The molecule has 0 saturated heterocycles. The summed E-state index contributed by atoms with van der Waals surface area (Å²) >= 11 is 0. The van der Waals surface area contributed by atoms with Gasteiger partial charge in [0.15, 0.2) is 0 Å². The van der Waals surface area contributed by atoms with E-state index in [2.05, 4.69) is 10.6 Å². The molecule has 2 N–H and O–H groups in total. The van der Waals surface area contributed by atoms with Crippen LogP contribution in [0.25, 0.3) is 0 Å². The molecule has 0 aromatic heterocycles. The van der Waals surface area contributed by atoms with Crippen LogP contribution in [0.2, 0.25) is 0 Å². The van der Waals surface area contributed by atoms with E-state index in [1.54, 1.807) is 14.0 Å². The molecule has 2 amide bonds. The van der Waals surface area contributed by atoms with Crippen LogP contribution in [0.15, 0.2) is 54.6 Å². The van der Waals surface area contributed by atoms with E-state index in [1.807, 2.05) is 54.6 Å². The molecule has 0 heterocycles. The average Bonchev–Trinajstić information content (AvgIpc) is 2.65. The molecule has 0 aliphatic heterocycles. The maximum atomic E-state index is 12.1. The molecular weight excluding hydrogens is 320 g/mol. The minimum absolute atomic E-state index is 0.158. The summed E-state index contributed by atoms with van der Waals surface area (Å²) in [5.41, 5.74) is 1.79. The Balaban J connectivity index is 1.74. The first-order chi connectivity index (χ1) is 12.1. The van der Waals surface area contributed by atoms with Crippen molar-refractivity contribution in [1.82, 2.24) is 10.6 Å². The molecule has 1 atom stereocenters. The lowest BCUT2D eigenvalue weighted by molar-refractivity contribution is -0.122. The zero-order chi connectivity index (χ0) is 18.1. The number of amides is 2. The Morgan fingerprint density at radius 2 is 1.76 bits per heavy atom. The van der Waals surface area contributed by atoms with Crippen LogP contribution in [0.4, 0.5) is 4.79 Å². The van der Waals surface area contributed by atoms with Gasteiger partial charge in [0.25, 0.3) is 0 Å². The van der Waals surface area contributed by atoms with Crippen molar-refractivity contribution in [1.29, 1.82) is 0 Å². The molecule has 0 aliphatic rings. The number of carbonyl (C=O) groups is 2. The Labute approximate surface area is 147 Å². The van der Waals surface area contributed by atoms with Gasteiger partial charge >= 0.3 is 6.09 Å². The van der Waals surface area contributed by atoms with E-state index in [4.69, 9.17) is 9.47 Å². The lowest BCUT2D eigenvalue weighted by Gasteiger charge is -2.14. The SMILES string of the molecule is COc1cccc(CNC(=O)[C@H](C)NC(=O)OCc2ccccc2)c1. The largest absolute Gasteiger partial charge is 0.497 e. The molecule has 0 saturated carbocycles. The molecule has 0 radical (unpaired) electrons. The second kappa shape index (κ2) is 9.32. The predicted octanol–water partition coefficient (Wildman–Crippen LogP) is 2.63. The Bertz CT molecular complexity index is 704. The number of methoxy groups -OCH3 is 1. The summed E-state index contributed by atoms with van der Waals surface area (Å²) in [6, 6.07) is 16.0. The summed E-state index contributed by atoms with van der Waals surface area (Å²) in [7, 11) is 1.59. The van der Waals surface area contributed by atoms with E-state index in [9.17, 15) is 9.59 Å². The smallest absolute Gasteiger partial charge is 0.408 e. The number of carbonyl (C=O) groups excluding carboxylic acids is 2. The van der Waals surface area contributed by atoms with Crippen LogP contribution in [-0.2, 0) is 22.7 Å². The quantitative estimate of drug-likeness (QED) is 0.811. The first kappa shape index (κ1) is 18.3. The van der Waals surface area contributed by atoms with Gasteiger partial charge in [-0.2, -0.15) is 0 Å². The van der Waals surface area contributed by atoms with Crippen LogP contribution in [0.3, 0.4) is 0 Å². The third-order valence-corrected chi connectivity index (χ3v) is 3.54. The molecule has 2 rings (SSSR count). The van der Waals surface area contributed by atoms with Crippen LogP contribution in [-0.4, -0.2) is 25.2 Å². The maximum Gasteiger partial charge on any atom is 0.408 e. The highest BCUT2D eigenvalue weighted by Crippen LogP contribution is 2.12. The molecule has 0 spiro atoms. The van der Waals surface area contributed by atoms with E-state index in [0.29, 0.717) is 6.54 Å². The van der Waals surface area contributed by atoms with Gasteiger partial charge in [-0.25, -0.2) is 4.79 Å². The van der Waals surface area contributed by atoms with Crippen molar-refractivity contribution >= 4 is 12.0 Å². The molecule has 6 nitrogen and oxygen atoms in total. The fourth-order valence-electron chi connectivity index (χ4n) is 2.13. The monoisotopic (exact) mass is 342 g/mol. The number of hydrogen-bond acceptors (Lipinski definition) is 4. The Morgan fingerprint density at radius 3 is 2.48 bits per heavy atom. The second-order valence-electron chi connectivity index (χ2n) is 5.50. The minimum atomic E-state index is -0.700. The normalized spacial score (nSPS) is 11.3. The summed E-state index contributed by atoms with van der Waals surface area (Å²) in [4.78, 5) is 23.8. The molecule has 25 heavy (non-hydrogen) atoms. The predicted molar refractivity (Wildman–Crippen MR) is 94.1 cm³/mol. The zero-order valence-corrected chi connectivity index (χ0v) is 14.3. The highest BCUT2D eigenvalue weighted by atomic mass is 16.5. The van der Waals surface area contributed by atoms with E-state index in [0.717, 1.165) is 16.9 Å². The van der Waals surface area contributed by atoms with Gasteiger partial charge in [-0.05, 0) is 30.2 Å². The van der Waals surface area contributed by atoms with Crippen molar-refractivity contribution in [2.24, 2.45) is 0 Å². The lowest BCUT2D eigenvalue weighted by atomic mass is 10.2. The van der Waals surface area contributed by atoms with Gasteiger partial charge < -0.3 is 20.1 Å². The number of hydrogen-bond donors (Lipinski definition) is 2. The highest BCUT2D eigenvalue weighted by molar-refractivity contribution is 5.85. The minimum Gasteiger partial charge on any atom is -0.497 e. The summed E-state index contributed by atoms with van der Waals surface area (Å²) in [5, 5.41) is 5.28. The molecule has 6 heteroatoms. The lowest BCUT2D eigenvalue weighted by Crippen LogP contribution is -2.44. The number of benzene rings is 2. The first-order valence-corrected chi connectivity index (χ1v) is 7.96. The molecular formula is C19H22N2O4. The fraction of sp³-hybridized carbons (Fsp3) is 0.263. The van der Waals surface area contributed by atoms with E-state index >= 15 is 0 Å². The van der Waals surface area contributed by atoms with Gasteiger partial charge in [0.1, 0.15) is 18.4 Å².